The number of nitrogens with zero attached hydrogens (tertiary/aromatic N) is 6. The van der Waals surface area contributed by atoms with Gasteiger partial charge in [-0.2, -0.15) is 0 Å². The smallest absolute Gasteiger partial charge is 0.353 e. The van der Waals surface area contributed by atoms with Crippen molar-refractivity contribution in [3.05, 3.63) is 31.8 Å². The Morgan fingerprint density at radius 1 is 0.577 bits per heavy atom. The molecule has 7 aliphatic rings. The molecular formula is C51H75N9O15S3. The molecule has 27 heteroatoms. The minimum absolute atomic E-state index is 0.0491. The molecule has 0 aliphatic carbocycles. The Bertz CT molecular complexity index is 2570. The maximum absolute atomic E-state index is 15.1. The van der Waals surface area contributed by atoms with E-state index in [4.69, 9.17) is 0 Å². The van der Waals surface area contributed by atoms with Gasteiger partial charge in [-0.15, -0.1) is 35.3 Å². The molecule has 0 spiro atoms. The lowest BCUT2D eigenvalue weighted by molar-refractivity contribution is -0.163. The predicted octanol–water partition coefficient (Wildman–Crippen LogP) is -0.924. The number of thioether (sulfide) groups is 3. The van der Waals surface area contributed by atoms with E-state index in [-0.39, 0.29) is 59.1 Å². The number of β-lactam (4-membered cyclic amide) rings is 1. The van der Waals surface area contributed by atoms with Crippen molar-refractivity contribution in [2.75, 3.05) is 61.9 Å². The minimum atomic E-state index is -1.40. The molecule has 6 amide bonds. The van der Waals surface area contributed by atoms with Gasteiger partial charge in [0.1, 0.15) is 29.2 Å². The first kappa shape index (κ1) is 60.6. The van der Waals surface area contributed by atoms with Crippen LogP contribution in [-0.2, 0) is 43.2 Å². The summed E-state index contributed by atoms with van der Waals surface area (Å²) in [6.45, 7) is 9.78. The second-order valence-corrected chi connectivity index (χ2v) is 26.4. The number of aliphatic carboxylic acids is 3. The van der Waals surface area contributed by atoms with Crippen LogP contribution in [0.3, 0.4) is 0 Å². The van der Waals surface area contributed by atoms with Crippen molar-refractivity contribution in [3.8, 4) is 0 Å². The number of likely N-dealkylation sites (tertiary alicyclic amines) is 2. The van der Waals surface area contributed by atoms with Crippen LogP contribution in [0.25, 0.3) is 0 Å². The lowest BCUT2D eigenvalue weighted by atomic mass is 9.79. The molecule has 18 atom stereocenters. The van der Waals surface area contributed by atoms with Crippen molar-refractivity contribution in [1.29, 1.82) is 0 Å². The van der Waals surface area contributed by atoms with Crippen molar-refractivity contribution in [2.24, 2.45) is 35.5 Å². The van der Waals surface area contributed by atoms with Crippen molar-refractivity contribution >= 4 is 88.6 Å². The first-order valence-corrected chi connectivity index (χ1v) is 28.9. The highest BCUT2D eigenvalue weighted by Gasteiger charge is 2.61. The lowest BCUT2D eigenvalue weighted by Gasteiger charge is -2.46. The van der Waals surface area contributed by atoms with Crippen LogP contribution < -0.4 is 16.0 Å². The van der Waals surface area contributed by atoms with Gasteiger partial charge < -0.3 is 76.0 Å². The Labute approximate surface area is 466 Å². The number of carbonyl (C=O) groups excluding carboxylic acids is 6. The number of aliphatic hydroxyl groups excluding tert-OH is 3. The maximum Gasteiger partial charge on any atom is 0.353 e. The van der Waals surface area contributed by atoms with Crippen LogP contribution in [0.4, 0.5) is 0 Å². The quantitative estimate of drug-likeness (QED) is 0.0706. The number of nitrogens with one attached hydrogen (secondary N) is 3. The zero-order valence-corrected chi connectivity index (χ0v) is 48.3. The third kappa shape index (κ3) is 11.2. The zero-order valence-electron chi connectivity index (χ0n) is 45.9. The van der Waals surface area contributed by atoms with Crippen LogP contribution in [0.15, 0.2) is 31.8 Å². The van der Waals surface area contributed by atoms with E-state index in [1.807, 2.05) is 0 Å². The first-order chi connectivity index (χ1) is 36.4. The minimum Gasteiger partial charge on any atom is -0.477 e. The van der Waals surface area contributed by atoms with Crippen molar-refractivity contribution in [1.82, 2.24) is 45.3 Å². The highest BCUT2D eigenvalue weighted by molar-refractivity contribution is 8.04. The summed E-state index contributed by atoms with van der Waals surface area (Å²) >= 11 is 3.57. The van der Waals surface area contributed by atoms with Crippen LogP contribution in [0.1, 0.15) is 60.8 Å². The van der Waals surface area contributed by atoms with E-state index in [1.165, 1.54) is 90.1 Å². The summed E-state index contributed by atoms with van der Waals surface area (Å²) in [5.74, 6) is -12.0. The molecule has 0 radical (unpaired) electrons. The topological polar surface area (TPSA) is 331 Å². The van der Waals surface area contributed by atoms with E-state index in [0.29, 0.717) is 22.8 Å². The van der Waals surface area contributed by atoms with Gasteiger partial charge in [-0.05, 0) is 40.0 Å². The first-order valence-electron chi connectivity index (χ1n) is 26.2. The van der Waals surface area contributed by atoms with Gasteiger partial charge in [0.15, 0.2) is 0 Å². The fourth-order valence-electron chi connectivity index (χ4n) is 12.5. The highest BCUT2D eigenvalue weighted by Crippen LogP contribution is 2.53. The molecule has 1 unspecified atom stereocenters. The summed E-state index contributed by atoms with van der Waals surface area (Å²) in [4.78, 5) is 132. The number of hydrogen-bond acceptors (Lipinski definition) is 18. The van der Waals surface area contributed by atoms with Gasteiger partial charge in [-0.25, -0.2) is 14.4 Å². The number of aliphatic hydroxyl groups is 3. The number of fused-ring (bicyclic) bond motifs is 1. The summed E-state index contributed by atoms with van der Waals surface area (Å²) < 4.78 is 0. The summed E-state index contributed by atoms with van der Waals surface area (Å²) in [6.07, 6.45) is -3.19. The highest BCUT2D eigenvalue weighted by atomic mass is 32.2. The number of carboxylic acid groups (broad SMARTS) is 3. The molecule has 0 bridgehead atoms. The Balaban J connectivity index is 1.11. The van der Waals surface area contributed by atoms with Gasteiger partial charge in [0.25, 0.3) is 0 Å². The molecule has 7 aliphatic heterocycles. The average molecular weight is 1150 g/mol. The number of likely N-dealkylation sites (N-methyl/N-ethyl adjacent to an activating group) is 3. The molecule has 0 aromatic heterocycles. The van der Waals surface area contributed by atoms with E-state index in [0.717, 1.165) is 23.5 Å². The number of carboxylic acids is 3. The molecule has 0 saturated carbocycles. The number of hydrogen-bond donors (Lipinski definition) is 9. The van der Waals surface area contributed by atoms with Crippen LogP contribution in [0.5, 0.6) is 0 Å². The number of amides is 6. The normalized spacial score (nSPS) is 32.5. The third-order valence-corrected chi connectivity index (χ3v) is 20.9. The molecule has 4 saturated heterocycles. The standard InChI is InChI=1S/C51H75N9O15S3/c1-19-34(53-36(49(70)71)40(19)76-25-13-28(52-16-25)43(64)55(7)8)31(22(4)61)46(67)58-17-26(14-29(58)44(65)56(9)10)77-41-20(2)35(54-37(41)50(72)73)32(23(5)62)47(68)59-18-27(15-30(59)45(66)57(11)12)78-42-21(3)38-33(24(6)63)48(69)60(38)39(42)51(74)75/h19-35,38,52-54,61-63H,13-18H2,1-12H3,(H,70,71)(H,72,73)(H,74,75)/t19-,20-,21-,22-,23-,24-,25+,26+,27+,28+,29+,30+,31?,32-,33-,34-,35-,38-/m1/s1. The largest absolute Gasteiger partial charge is 0.477 e. The zero-order chi connectivity index (χ0) is 58.0. The summed E-state index contributed by atoms with van der Waals surface area (Å²) in [5.41, 5.74) is -0.595. The van der Waals surface area contributed by atoms with Crippen molar-refractivity contribution < 1.29 is 73.8 Å². The second-order valence-electron chi connectivity index (χ2n) is 22.4. The van der Waals surface area contributed by atoms with Gasteiger partial charge in [0.05, 0.1) is 48.1 Å². The number of rotatable bonds is 19. The molecular weight excluding hydrogens is 1070 g/mol. The van der Waals surface area contributed by atoms with E-state index >= 15 is 9.59 Å². The van der Waals surface area contributed by atoms with Crippen molar-refractivity contribution in [2.45, 2.75) is 131 Å². The van der Waals surface area contributed by atoms with E-state index < -0.39 is 148 Å². The number of carbonyl (C=O) groups is 9. The fraction of sp³-hybridized carbons (Fsp3) is 0.706. The predicted molar refractivity (Wildman–Crippen MR) is 288 cm³/mol. The molecule has 7 rings (SSSR count). The Hall–Kier alpha value is -5.06. The summed E-state index contributed by atoms with van der Waals surface area (Å²) in [7, 11) is 9.41. The monoisotopic (exact) mass is 1150 g/mol. The van der Waals surface area contributed by atoms with Crippen LogP contribution in [0, 0.1) is 35.5 Å². The van der Waals surface area contributed by atoms with Gasteiger partial charge >= 0.3 is 17.9 Å². The molecule has 78 heavy (non-hydrogen) atoms. The van der Waals surface area contributed by atoms with Gasteiger partial charge in [0, 0.05) is 122 Å². The molecule has 24 nitrogen and oxygen atoms in total. The van der Waals surface area contributed by atoms with E-state index in [2.05, 4.69) is 16.0 Å². The summed E-state index contributed by atoms with van der Waals surface area (Å²) in [5, 5.41) is 72.6. The molecule has 0 aromatic carbocycles. The fourth-order valence-corrected chi connectivity index (χ4v) is 17.0. The molecule has 4 fully saturated rings. The summed E-state index contributed by atoms with van der Waals surface area (Å²) in [6, 6.07) is -5.16. The maximum atomic E-state index is 15.1. The van der Waals surface area contributed by atoms with E-state index in [9.17, 15) is 64.2 Å². The third-order valence-electron chi connectivity index (χ3n) is 16.4. The molecule has 432 valence electrons. The lowest BCUT2D eigenvalue weighted by Crippen LogP contribution is -2.63. The molecule has 0 aromatic rings. The van der Waals surface area contributed by atoms with E-state index in [1.54, 1.807) is 34.9 Å². The molecule has 9 N–H and O–H groups in total. The van der Waals surface area contributed by atoms with Gasteiger partial charge in [-0.3, -0.25) is 28.8 Å². The van der Waals surface area contributed by atoms with Crippen LogP contribution in [-0.4, -0.2) is 246 Å². The SMILES string of the molecule is C[C@@H](O)C(C(=O)N1C[C@@H](SC2=C(C(=O)O)N[C@@H]([C@H](C(=O)N3C[C@@H](SC4=C(C(=O)O)N5C(=O)[C@H]([C@@H](C)O)[C@H]5[C@H]4C)C[C@H]3C(=O)N(C)C)[C@@H](C)O)[C@H]2C)C[C@H]1C(=O)N(C)C)[C@@H]1NC(C(=O)O)=C(S[C@@H]2CN[C@H](C(=O)N(C)C)C2)[C@@H]1C. The second kappa shape index (κ2) is 23.6. The van der Waals surface area contributed by atoms with Crippen LogP contribution in [0.2, 0.25) is 0 Å². The molecule has 7 heterocycles. The Morgan fingerprint density at radius 3 is 1.36 bits per heavy atom. The Morgan fingerprint density at radius 2 is 0.987 bits per heavy atom. The Kier molecular flexibility index (Phi) is 18.3. The van der Waals surface area contributed by atoms with Crippen molar-refractivity contribution in [3.63, 3.8) is 0 Å². The van der Waals surface area contributed by atoms with Gasteiger partial charge in [-0.1, -0.05) is 20.8 Å². The van der Waals surface area contributed by atoms with Gasteiger partial charge in [0.2, 0.25) is 35.4 Å². The average Bonchev–Trinajstić information content (AvgIpc) is 4.38. The van der Waals surface area contributed by atoms with Crippen LogP contribution >= 0.6 is 35.3 Å².